The summed E-state index contributed by atoms with van der Waals surface area (Å²) in [6.45, 7) is 0.199. The van der Waals surface area contributed by atoms with E-state index in [-0.39, 0.29) is 36.5 Å². The molecule has 2 heterocycles. The van der Waals surface area contributed by atoms with Crippen molar-refractivity contribution >= 4 is 23.4 Å². The fourth-order valence-electron chi connectivity index (χ4n) is 2.61. The fourth-order valence-corrected chi connectivity index (χ4v) is 2.61. The van der Waals surface area contributed by atoms with Crippen LogP contribution in [0.4, 0.5) is 10.1 Å². The Morgan fingerprint density at radius 2 is 2.05 bits per heavy atom. The number of hydrogen-bond donors (Lipinski definition) is 2. The van der Waals surface area contributed by atoms with Crippen LogP contribution >= 0.6 is 0 Å². The van der Waals surface area contributed by atoms with Gasteiger partial charge in [0.25, 0.3) is 5.91 Å². The number of nitrogens with two attached hydrogens (primary N) is 1. The minimum absolute atomic E-state index is 0.0262. The Bertz CT molecular complexity index is 644. The lowest BCUT2D eigenvalue weighted by Crippen LogP contribution is -2.52. The van der Waals surface area contributed by atoms with Crippen LogP contribution in [0.3, 0.4) is 0 Å². The number of nitrogens with zero attached hydrogens (tertiary/aromatic N) is 1. The maximum Gasteiger partial charge on any atom is 0.255 e. The summed E-state index contributed by atoms with van der Waals surface area (Å²) < 4.78 is 13.4. The lowest BCUT2D eigenvalue weighted by atomic mass is 10.0. The van der Waals surface area contributed by atoms with Crippen LogP contribution in [0.5, 0.6) is 0 Å². The first-order valence-electron chi connectivity index (χ1n) is 6.20. The van der Waals surface area contributed by atoms with Crippen molar-refractivity contribution in [2.75, 3.05) is 5.73 Å². The zero-order chi connectivity index (χ0) is 14.4. The molecule has 1 fully saturated rings. The largest absolute Gasteiger partial charge is 0.396 e. The molecule has 0 saturated carbocycles. The zero-order valence-electron chi connectivity index (χ0n) is 10.5. The van der Waals surface area contributed by atoms with Gasteiger partial charge in [-0.25, -0.2) is 4.39 Å². The fraction of sp³-hybridized carbons (Fsp3) is 0.308. The van der Waals surface area contributed by atoms with Crippen molar-refractivity contribution in [3.8, 4) is 0 Å². The van der Waals surface area contributed by atoms with Crippen molar-refractivity contribution in [1.82, 2.24) is 10.2 Å². The number of hydrogen-bond acceptors (Lipinski definition) is 4. The van der Waals surface area contributed by atoms with Crippen LogP contribution in [-0.2, 0) is 16.1 Å². The van der Waals surface area contributed by atoms with Gasteiger partial charge in [-0.15, -0.1) is 0 Å². The number of imide groups is 1. The summed E-state index contributed by atoms with van der Waals surface area (Å²) in [5.74, 6) is -1.89. The number of rotatable bonds is 1. The average molecular weight is 277 g/mol. The highest BCUT2D eigenvalue weighted by molar-refractivity contribution is 6.05. The molecule has 1 atom stereocenters. The van der Waals surface area contributed by atoms with Gasteiger partial charge < -0.3 is 10.6 Å². The molecule has 20 heavy (non-hydrogen) atoms. The van der Waals surface area contributed by atoms with E-state index in [4.69, 9.17) is 5.73 Å². The van der Waals surface area contributed by atoms with Gasteiger partial charge in [0.15, 0.2) is 0 Å². The Morgan fingerprint density at radius 1 is 1.30 bits per heavy atom. The first-order valence-corrected chi connectivity index (χ1v) is 6.20. The molecule has 6 nitrogen and oxygen atoms in total. The third-order valence-electron chi connectivity index (χ3n) is 3.64. The number of nitrogens with one attached hydrogen (secondary N) is 1. The van der Waals surface area contributed by atoms with Crippen molar-refractivity contribution in [3.05, 3.63) is 29.1 Å². The number of nitrogen functional groups attached to an aromatic ring is 1. The molecule has 0 spiro atoms. The maximum atomic E-state index is 13.4. The van der Waals surface area contributed by atoms with E-state index in [1.54, 1.807) is 0 Å². The lowest BCUT2D eigenvalue weighted by molar-refractivity contribution is -0.136. The summed E-state index contributed by atoms with van der Waals surface area (Å²) in [5, 5.41) is 2.21. The lowest BCUT2D eigenvalue weighted by Gasteiger charge is -2.29. The highest BCUT2D eigenvalue weighted by Crippen LogP contribution is 2.29. The quantitative estimate of drug-likeness (QED) is 0.565. The predicted octanol–water partition coefficient (Wildman–Crippen LogP) is 0.169. The van der Waals surface area contributed by atoms with Gasteiger partial charge in [0.2, 0.25) is 11.8 Å². The van der Waals surface area contributed by atoms with Crippen LogP contribution in [0, 0.1) is 5.82 Å². The van der Waals surface area contributed by atoms with E-state index in [0.717, 1.165) is 6.07 Å². The van der Waals surface area contributed by atoms with Crippen LogP contribution in [0.25, 0.3) is 0 Å². The van der Waals surface area contributed by atoms with E-state index in [1.165, 1.54) is 11.0 Å². The average Bonchev–Trinajstić information content (AvgIpc) is 2.68. The third kappa shape index (κ3) is 1.82. The Hall–Kier alpha value is -2.44. The van der Waals surface area contributed by atoms with Crippen LogP contribution in [0.1, 0.15) is 28.8 Å². The minimum atomic E-state index is -0.697. The molecule has 1 unspecified atom stereocenters. The van der Waals surface area contributed by atoms with Gasteiger partial charge in [-0.05, 0) is 24.1 Å². The summed E-state index contributed by atoms with van der Waals surface area (Å²) in [4.78, 5) is 36.5. The van der Waals surface area contributed by atoms with Crippen molar-refractivity contribution in [1.29, 1.82) is 0 Å². The summed E-state index contributed by atoms with van der Waals surface area (Å²) in [6, 6.07) is 1.81. The van der Waals surface area contributed by atoms with E-state index in [0.29, 0.717) is 5.56 Å². The van der Waals surface area contributed by atoms with Crippen molar-refractivity contribution in [2.45, 2.75) is 25.4 Å². The van der Waals surface area contributed by atoms with Crippen LogP contribution in [0.15, 0.2) is 12.1 Å². The Kier molecular flexibility index (Phi) is 2.70. The molecule has 1 aromatic carbocycles. The van der Waals surface area contributed by atoms with Crippen LogP contribution in [0.2, 0.25) is 0 Å². The van der Waals surface area contributed by atoms with Crippen molar-refractivity contribution in [2.24, 2.45) is 0 Å². The van der Waals surface area contributed by atoms with E-state index in [1.807, 2.05) is 0 Å². The second-order valence-electron chi connectivity index (χ2n) is 4.93. The first kappa shape index (κ1) is 12.6. The maximum absolute atomic E-state index is 13.4. The number of benzene rings is 1. The molecular formula is C13H12FN3O3. The molecule has 0 aliphatic carbocycles. The molecule has 2 aliphatic rings. The van der Waals surface area contributed by atoms with Gasteiger partial charge in [-0.2, -0.15) is 0 Å². The number of carbonyl (C=O) groups excluding carboxylic acids is 3. The minimum Gasteiger partial charge on any atom is -0.396 e. The van der Waals surface area contributed by atoms with E-state index < -0.39 is 23.7 Å². The molecular weight excluding hydrogens is 265 g/mol. The standard InChI is InChI=1S/C13H12FN3O3/c14-8-4-7-6(3-9(8)15)5-17(13(7)20)10-1-2-11(18)16-12(10)19/h3-4,10H,1-2,5,15H2,(H,16,18,19). The second kappa shape index (κ2) is 4.29. The molecule has 1 aromatic rings. The van der Waals surface area contributed by atoms with Gasteiger partial charge in [-0.3, -0.25) is 19.7 Å². The normalized spacial score (nSPS) is 21.9. The molecule has 0 bridgehead atoms. The van der Waals surface area contributed by atoms with Crippen LogP contribution < -0.4 is 11.1 Å². The topological polar surface area (TPSA) is 92.5 Å². The Morgan fingerprint density at radius 3 is 2.75 bits per heavy atom. The number of piperidine rings is 1. The monoisotopic (exact) mass is 277 g/mol. The zero-order valence-corrected chi connectivity index (χ0v) is 10.5. The predicted molar refractivity (Wildman–Crippen MR) is 66.9 cm³/mol. The summed E-state index contributed by atoms with van der Waals surface area (Å²) in [7, 11) is 0. The highest BCUT2D eigenvalue weighted by Gasteiger charge is 2.39. The van der Waals surface area contributed by atoms with Gasteiger partial charge >= 0.3 is 0 Å². The molecule has 1 saturated heterocycles. The van der Waals surface area contributed by atoms with E-state index in [9.17, 15) is 18.8 Å². The molecule has 3 N–H and O–H groups in total. The van der Waals surface area contributed by atoms with Gasteiger partial charge in [-0.1, -0.05) is 0 Å². The molecule has 3 amide bonds. The molecule has 0 radical (unpaired) electrons. The number of carbonyl (C=O) groups is 3. The van der Waals surface area contributed by atoms with Gasteiger partial charge in [0.05, 0.1) is 5.69 Å². The van der Waals surface area contributed by atoms with Crippen molar-refractivity contribution < 1.29 is 18.8 Å². The molecule has 2 aliphatic heterocycles. The number of amides is 3. The number of halogens is 1. The Labute approximate surface area is 113 Å². The van der Waals surface area contributed by atoms with Gasteiger partial charge in [0.1, 0.15) is 11.9 Å². The number of fused-ring (bicyclic) bond motifs is 1. The highest BCUT2D eigenvalue weighted by atomic mass is 19.1. The summed E-state index contributed by atoms with van der Waals surface area (Å²) in [5.41, 5.74) is 6.27. The van der Waals surface area contributed by atoms with E-state index >= 15 is 0 Å². The molecule has 3 rings (SSSR count). The Balaban J connectivity index is 1.90. The second-order valence-corrected chi connectivity index (χ2v) is 4.93. The molecule has 104 valence electrons. The smallest absolute Gasteiger partial charge is 0.255 e. The molecule has 0 aromatic heterocycles. The van der Waals surface area contributed by atoms with Crippen LogP contribution in [-0.4, -0.2) is 28.7 Å². The van der Waals surface area contributed by atoms with E-state index in [2.05, 4.69) is 5.32 Å². The van der Waals surface area contributed by atoms with Crippen molar-refractivity contribution in [3.63, 3.8) is 0 Å². The summed E-state index contributed by atoms with van der Waals surface area (Å²) in [6.07, 6.45) is 0.468. The molecule has 7 heteroatoms. The first-order chi connectivity index (χ1) is 9.47. The number of anilines is 1. The SMILES string of the molecule is Nc1cc2c(cc1F)C(=O)N(C1CCC(=O)NC1=O)C2. The summed E-state index contributed by atoms with van der Waals surface area (Å²) >= 11 is 0. The third-order valence-corrected chi connectivity index (χ3v) is 3.64. The van der Waals surface area contributed by atoms with Gasteiger partial charge in [0, 0.05) is 18.5 Å².